The number of hydrogen-bond donors (Lipinski definition) is 0. The zero-order valence-corrected chi connectivity index (χ0v) is 11.0. The Morgan fingerprint density at radius 2 is 2.29 bits per heavy atom. The molecule has 1 heterocycles. The van der Waals surface area contributed by atoms with Crippen LogP contribution in [0, 0.1) is 0 Å². The van der Waals surface area contributed by atoms with Crippen LogP contribution in [0.3, 0.4) is 0 Å². The van der Waals surface area contributed by atoms with Crippen LogP contribution in [0.15, 0.2) is 27.4 Å². The van der Waals surface area contributed by atoms with Gasteiger partial charge in [-0.15, -0.1) is 0 Å². The van der Waals surface area contributed by atoms with Gasteiger partial charge >= 0.3 is 11.7 Å². The van der Waals surface area contributed by atoms with Crippen LogP contribution >= 0.6 is 15.9 Å². The molecule has 0 aliphatic rings. The van der Waals surface area contributed by atoms with Gasteiger partial charge in [0.1, 0.15) is 0 Å². The second kappa shape index (κ2) is 5.31. The molecule has 1 aromatic carbocycles. The van der Waals surface area contributed by atoms with Crippen molar-refractivity contribution in [3.63, 3.8) is 0 Å². The van der Waals surface area contributed by atoms with Crippen molar-refractivity contribution in [1.29, 1.82) is 0 Å². The number of nitrogens with zero attached hydrogens (tertiary/aromatic N) is 1. The molecule has 17 heavy (non-hydrogen) atoms. The van der Waals surface area contributed by atoms with E-state index in [0.29, 0.717) is 17.5 Å². The zero-order chi connectivity index (χ0) is 12.3. The number of alkyl halides is 1. The third-order valence-electron chi connectivity index (χ3n) is 2.36. The Morgan fingerprint density at radius 1 is 1.47 bits per heavy atom. The van der Waals surface area contributed by atoms with E-state index in [4.69, 9.17) is 9.15 Å². The van der Waals surface area contributed by atoms with Crippen molar-refractivity contribution < 1.29 is 9.15 Å². The van der Waals surface area contributed by atoms with Gasteiger partial charge in [-0.3, -0.25) is 0 Å². The molecule has 2 aromatic rings. The Hall–Kier alpha value is -1.36. The number of hydrogen-bond acceptors (Lipinski definition) is 4. The fourth-order valence-corrected chi connectivity index (χ4v) is 2.09. The predicted octanol–water partition coefficient (Wildman–Crippen LogP) is 2.52. The Balaban J connectivity index is 2.63. The van der Waals surface area contributed by atoms with Gasteiger partial charge < -0.3 is 9.15 Å². The van der Waals surface area contributed by atoms with Gasteiger partial charge in [-0.05, 0) is 25.0 Å². The maximum absolute atomic E-state index is 11.9. The van der Waals surface area contributed by atoms with Gasteiger partial charge in [0.05, 0.1) is 17.5 Å². The molecule has 0 radical (unpaired) electrons. The lowest BCUT2D eigenvalue weighted by atomic mass is 10.1. The van der Waals surface area contributed by atoms with Crippen molar-refractivity contribution in [3.8, 4) is 6.08 Å². The average molecular weight is 298 g/mol. The molecule has 0 fully saturated rings. The molecule has 0 unspecified atom stereocenters. The molecular formula is C12H12BrNO3. The van der Waals surface area contributed by atoms with Crippen LogP contribution < -0.4 is 10.4 Å². The highest BCUT2D eigenvalue weighted by Gasteiger charge is 2.10. The molecule has 0 saturated heterocycles. The number of aryl methyl sites for hydroxylation is 1. The summed E-state index contributed by atoms with van der Waals surface area (Å²) in [5.41, 5.74) is 1.15. The maximum atomic E-state index is 11.9. The van der Waals surface area contributed by atoms with Gasteiger partial charge in [0.2, 0.25) is 0 Å². The highest BCUT2D eigenvalue weighted by atomic mass is 79.9. The summed E-state index contributed by atoms with van der Waals surface area (Å²) in [6.45, 7) is 2.23. The van der Waals surface area contributed by atoms with Crippen molar-refractivity contribution in [2.24, 2.45) is 0 Å². The van der Waals surface area contributed by atoms with E-state index in [0.717, 1.165) is 17.3 Å². The highest BCUT2D eigenvalue weighted by molar-refractivity contribution is 9.09. The van der Waals surface area contributed by atoms with E-state index >= 15 is 0 Å². The highest BCUT2D eigenvalue weighted by Crippen LogP contribution is 2.17. The first-order chi connectivity index (χ1) is 8.26. The van der Waals surface area contributed by atoms with Crippen LogP contribution in [0.25, 0.3) is 10.9 Å². The summed E-state index contributed by atoms with van der Waals surface area (Å²) in [7, 11) is 0. The molecule has 0 aliphatic carbocycles. The summed E-state index contributed by atoms with van der Waals surface area (Å²) in [5.74, 6) is 0. The molecule has 0 atom stereocenters. The van der Waals surface area contributed by atoms with Crippen molar-refractivity contribution in [3.05, 3.63) is 34.2 Å². The Bertz CT molecular complexity index is 579. The van der Waals surface area contributed by atoms with Gasteiger partial charge in [-0.25, -0.2) is 4.79 Å². The first-order valence-electron chi connectivity index (χ1n) is 5.37. The lowest BCUT2D eigenvalue weighted by molar-refractivity contribution is 0.229. The SMILES string of the molecule is CCOc1nc2cccc(CCBr)c2c(=O)o1. The van der Waals surface area contributed by atoms with E-state index in [1.807, 2.05) is 19.1 Å². The second-order valence-electron chi connectivity index (χ2n) is 3.45. The van der Waals surface area contributed by atoms with E-state index < -0.39 is 5.63 Å². The lowest BCUT2D eigenvalue weighted by Gasteiger charge is -2.04. The predicted molar refractivity (Wildman–Crippen MR) is 68.9 cm³/mol. The van der Waals surface area contributed by atoms with E-state index in [-0.39, 0.29) is 6.08 Å². The molecule has 90 valence electrons. The Labute approximate surface area is 107 Å². The minimum absolute atomic E-state index is 0.0287. The van der Waals surface area contributed by atoms with E-state index in [1.54, 1.807) is 6.07 Å². The number of fused-ring (bicyclic) bond motifs is 1. The zero-order valence-electron chi connectivity index (χ0n) is 9.40. The van der Waals surface area contributed by atoms with E-state index in [9.17, 15) is 4.79 Å². The lowest BCUT2D eigenvalue weighted by Crippen LogP contribution is -2.07. The minimum atomic E-state index is -0.394. The normalized spacial score (nSPS) is 10.7. The third-order valence-corrected chi connectivity index (χ3v) is 2.75. The largest absolute Gasteiger partial charge is 0.450 e. The molecule has 0 saturated carbocycles. The molecular weight excluding hydrogens is 286 g/mol. The van der Waals surface area contributed by atoms with E-state index in [2.05, 4.69) is 20.9 Å². The smallest absolute Gasteiger partial charge is 0.397 e. The summed E-state index contributed by atoms with van der Waals surface area (Å²) in [6.07, 6.45) is 0.790. The summed E-state index contributed by atoms with van der Waals surface area (Å²) < 4.78 is 10.1. The number of rotatable bonds is 4. The fourth-order valence-electron chi connectivity index (χ4n) is 1.66. The summed E-state index contributed by atoms with van der Waals surface area (Å²) in [4.78, 5) is 16.0. The Morgan fingerprint density at radius 3 is 3.00 bits per heavy atom. The number of aromatic nitrogens is 1. The second-order valence-corrected chi connectivity index (χ2v) is 4.24. The molecule has 2 rings (SSSR count). The standard InChI is InChI=1S/C12H12BrNO3/c1-2-16-12-14-9-5-3-4-8(6-7-13)10(9)11(15)17-12/h3-5H,2,6-7H2,1H3. The van der Waals surface area contributed by atoms with E-state index in [1.165, 1.54) is 0 Å². The number of halogens is 1. The third kappa shape index (κ3) is 2.49. The van der Waals surface area contributed by atoms with Gasteiger partial charge in [-0.2, -0.15) is 4.98 Å². The molecule has 0 spiro atoms. The van der Waals surface area contributed by atoms with Gasteiger partial charge in [0.25, 0.3) is 0 Å². The van der Waals surface area contributed by atoms with Gasteiger partial charge in [-0.1, -0.05) is 28.1 Å². The van der Waals surface area contributed by atoms with Crippen LogP contribution in [-0.4, -0.2) is 16.9 Å². The average Bonchev–Trinajstić information content (AvgIpc) is 2.29. The molecule has 0 aliphatic heterocycles. The van der Waals surface area contributed by atoms with Crippen LogP contribution in [0.1, 0.15) is 12.5 Å². The Kier molecular flexibility index (Phi) is 3.78. The summed E-state index contributed by atoms with van der Waals surface area (Å²) in [6, 6.07) is 5.57. The van der Waals surface area contributed by atoms with Crippen molar-refractivity contribution in [1.82, 2.24) is 4.98 Å². The molecule has 0 bridgehead atoms. The quantitative estimate of drug-likeness (QED) is 0.814. The number of benzene rings is 1. The maximum Gasteiger partial charge on any atom is 0.397 e. The summed E-state index contributed by atoms with van der Waals surface area (Å²) >= 11 is 3.36. The van der Waals surface area contributed by atoms with Gasteiger partial charge in [0, 0.05) is 5.33 Å². The molecule has 0 N–H and O–H groups in total. The molecule has 0 amide bonds. The first-order valence-corrected chi connectivity index (χ1v) is 6.50. The van der Waals surface area contributed by atoms with Crippen molar-refractivity contribution in [2.45, 2.75) is 13.3 Å². The van der Waals surface area contributed by atoms with Crippen LogP contribution in [0.2, 0.25) is 0 Å². The van der Waals surface area contributed by atoms with Crippen LogP contribution in [0.5, 0.6) is 6.08 Å². The molecule has 4 nitrogen and oxygen atoms in total. The van der Waals surface area contributed by atoms with Crippen LogP contribution in [0.4, 0.5) is 0 Å². The minimum Gasteiger partial charge on any atom is -0.450 e. The summed E-state index contributed by atoms with van der Waals surface area (Å²) in [5, 5.41) is 1.33. The first kappa shape index (κ1) is 12.1. The van der Waals surface area contributed by atoms with Crippen molar-refractivity contribution in [2.75, 3.05) is 11.9 Å². The van der Waals surface area contributed by atoms with Gasteiger partial charge in [0.15, 0.2) is 0 Å². The van der Waals surface area contributed by atoms with Crippen molar-refractivity contribution >= 4 is 26.8 Å². The molecule has 1 aromatic heterocycles. The van der Waals surface area contributed by atoms with Crippen LogP contribution in [-0.2, 0) is 6.42 Å². The molecule has 5 heteroatoms. The topological polar surface area (TPSA) is 52.3 Å². The fraction of sp³-hybridized carbons (Fsp3) is 0.333. The monoisotopic (exact) mass is 297 g/mol. The number of ether oxygens (including phenoxy) is 1.